The van der Waals surface area contributed by atoms with Crippen LogP contribution in [-0.4, -0.2) is 48.9 Å². The fourth-order valence-electron chi connectivity index (χ4n) is 2.02. The molecule has 1 aliphatic carbocycles. The Hall–Kier alpha value is -0.830. The van der Waals surface area contributed by atoms with Gasteiger partial charge in [0.2, 0.25) is 0 Å². The van der Waals surface area contributed by atoms with Gasteiger partial charge in [0.05, 0.1) is 6.33 Å². The van der Waals surface area contributed by atoms with E-state index in [-0.39, 0.29) is 24.0 Å². The first-order chi connectivity index (χ1) is 10.4. The highest BCUT2D eigenvalue weighted by molar-refractivity contribution is 14.0. The average Bonchev–Trinajstić information content (AvgIpc) is 3.18. The van der Waals surface area contributed by atoms with E-state index in [1.54, 1.807) is 13.2 Å². The second-order valence-electron chi connectivity index (χ2n) is 5.45. The number of aliphatic imine (C=N–C) groups is 1. The number of nitrogens with zero attached hydrogens (tertiary/aromatic N) is 3. The number of guanidine groups is 1. The van der Waals surface area contributed by atoms with E-state index < -0.39 is 0 Å². The second-order valence-corrected chi connectivity index (χ2v) is 5.45. The van der Waals surface area contributed by atoms with Crippen molar-refractivity contribution in [2.24, 2.45) is 10.9 Å². The van der Waals surface area contributed by atoms with Crippen molar-refractivity contribution in [1.29, 1.82) is 0 Å². The van der Waals surface area contributed by atoms with E-state index in [0.29, 0.717) is 0 Å². The number of hydrogen-bond acceptors (Lipinski definition) is 3. The number of aromatic nitrogens is 2. The maximum absolute atomic E-state index is 5.60. The summed E-state index contributed by atoms with van der Waals surface area (Å²) in [6, 6.07) is 0. The summed E-state index contributed by atoms with van der Waals surface area (Å²) in [5.74, 6) is 1.71. The third kappa shape index (κ3) is 8.57. The highest BCUT2D eigenvalue weighted by atomic mass is 127. The predicted octanol–water partition coefficient (Wildman–Crippen LogP) is 1.87. The lowest BCUT2D eigenvalue weighted by Crippen LogP contribution is -2.38. The van der Waals surface area contributed by atoms with Gasteiger partial charge in [0.1, 0.15) is 0 Å². The SMILES string of the molecule is CN=C(NCCCOCC1CC1)NCCCn1ccnc1.I. The molecule has 1 heterocycles. The summed E-state index contributed by atoms with van der Waals surface area (Å²) < 4.78 is 7.68. The van der Waals surface area contributed by atoms with Crippen molar-refractivity contribution in [3.63, 3.8) is 0 Å². The Morgan fingerprint density at radius 3 is 2.73 bits per heavy atom. The van der Waals surface area contributed by atoms with Gasteiger partial charge < -0.3 is 19.9 Å². The first-order valence-corrected chi connectivity index (χ1v) is 7.86. The number of ether oxygens (including phenoxy) is 1. The van der Waals surface area contributed by atoms with Gasteiger partial charge in [-0.1, -0.05) is 0 Å². The summed E-state index contributed by atoms with van der Waals surface area (Å²) in [4.78, 5) is 8.24. The molecule has 1 saturated carbocycles. The molecule has 0 spiro atoms. The van der Waals surface area contributed by atoms with Crippen LogP contribution in [0, 0.1) is 5.92 Å². The minimum absolute atomic E-state index is 0. The third-order valence-electron chi connectivity index (χ3n) is 3.48. The van der Waals surface area contributed by atoms with Crippen molar-refractivity contribution in [3.8, 4) is 0 Å². The molecule has 1 aliphatic rings. The molecule has 0 atom stereocenters. The number of nitrogens with one attached hydrogen (secondary N) is 2. The molecule has 2 N–H and O–H groups in total. The van der Waals surface area contributed by atoms with Gasteiger partial charge in [0.25, 0.3) is 0 Å². The predicted molar refractivity (Wildman–Crippen MR) is 99.8 cm³/mol. The Morgan fingerprint density at radius 1 is 1.32 bits per heavy atom. The lowest BCUT2D eigenvalue weighted by atomic mass is 10.4. The van der Waals surface area contributed by atoms with Crippen LogP contribution in [0.15, 0.2) is 23.7 Å². The first-order valence-electron chi connectivity index (χ1n) is 7.86. The molecule has 7 heteroatoms. The minimum atomic E-state index is 0. The number of halogens is 1. The van der Waals surface area contributed by atoms with Crippen LogP contribution >= 0.6 is 24.0 Å². The summed E-state index contributed by atoms with van der Waals surface area (Å²) in [6.07, 6.45) is 10.4. The molecule has 1 aromatic heterocycles. The van der Waals surface area contributed by atoms with Gasteiger partial charge in [-0.2, -0.15) is 0 Å². The Balaban J connectivity index is 0.00000242. The van der Waals surface area contributed by atoms with Crippen molar-refractivity contribution in [3.05, 3.63) is 18.7 Å². The Bertz CT molecular complexity index is 406. The lowest BCUT2D eigenvalue weighted by molar-refractivity contribution is 0.123. The van der Waals surface area contributed by atoms with Gasteiger partial charge in [0, 0.05) is 52.3 Å². The van der Waals surface area contributed by atoms with Crippen molar-refractivity contribution < 1.29 is 4.74 Å². The van der Waals surface area contributed by atoms with Gasteiger partial charge in [-0.05, 0) is 31.6 Å². The van der Waals surface area contributed by atoms with Crippen LogP contribution in [0.2, 0.25) is 0 Å². The molecule has 126 valence electrons. The van der Waals surface area contributed by atoms with E-state index in [1.165, 1.54) is 12.8 Å². The molecule has 1 aromatic rings. The van der Waals surface area contributed by atoms with Gasteiger partial charge in [-0.25, -0.2) is 4.98 Å². The van der Waals surface area contributed by atoms with Gasteiger partial charge >= 0.3 is 0 Å². The molecule has 0 bridgehead atoms. The molecular formula is C15H28IN5O. The number of rotatable bonds is 10. The molecule has 0 aliphatic heterocycles. The molecule has 1 fully saturated rings. The van der Waals surface area contributed by atoms with Gasteiger partial charge in [-0.3, -0.25) is 4.99 Å². The molecule has 0 amide bonds. The van der Waals surface area contributed by atoms with Crippen molar-refractivity contribution >= 4 is 29.9 Å². The molecule has 6 nitrogen and oxygen atoms in total. The van der Waals surface area contributed by atoms with E-state index >= 15 is 0 Å². The van der Waals surface area contributed by atoms with E-state index in [2.05, 4.69) is 25.2 Å². The van der Waals surface area contributed by atoms with Crippen LogP contribution in [0.1, 0.15) is 25.7 Å². The normalized spacial score (nSPS) is 14.5. The molecular weight excluding hydrogens is 393 g/mol. The Morgan fingerprint density at radius 2 is 2.09 bits per heavy atom. The van der Waals surface area contributed by atoms with E-state index in [0.717, 1.165) is 57.6 Å². The van der Waals surface area contributed by atoms with Gasteiger partial charge in [-0.15, -0.1) is 24.0 Å². The van der Waals surface area contributed by atoms with Crippen molar-refractivity contribution in [2.75, 3.05) is 33.4 Å². The fraction of sp³-hybridized carbons (Fsp3) is 0.733. The average molecular weight is 421 g/mol. The van der Waals surface area contributed by atoms with Crippen molar-refractivity contribution in [1.82, 2.24) is 20.2 Å². The third-order valence-corrected chi connectivity index (χ3v) is 3.48. The highest BCUT2D eigenvalue weighted by Crippen LogP contribution is 2.28. The summed E-state index contributed by atoms with van der Waals surface area (Å²) in [7, 11) is 1.80. The number of imidazole rings is 1. The largest absolute Gasteiger partial charge is 0.381 e. The standard InChI is InChI=1S/C15H27N5O.HI/c1-16-15(18-6-2-9-20-10-8-17-13-20)19-7-3-11-21-12-14-4-5-14;/h8,10,13-14H,2-7,9,11-12H2,1H3,(H2,16,18,19);1H. The number of hydrogen-bond donors (Lipinski definition) is 2. The Kier molecular flexibility index (Phi) is 10.2. The number of aryl methyl sites for hydroxylation is 1. The van der Waals surface area contributed by atoms with E-state index in [9.17, 15) is 0 Å². The van der Waals surface area contributed by atoms with Crippen LogP contribution in [0.3, 0.4) is 0 Å². The lowest BCUT2D eigenvalue weighted by Gasteiger charge is -2.12. The van der Waals surface area contributed by atoms with Crippen LogP contribution in [0.25, 0.3) is 0 Å². The van der Waals surface area contributed by atoms with Crippen LogP contribution in [0.4, 0.5) is 0 Å². The molecule has 0 aromatic carbocycles. The molecule has 0 radical (unpaired) electrons. The van der Waals surface area contributed by atoms with E-state index in [4.69, 9.17) is 4.74 Å². The second kappa shape index (κ2) is 11.7. The summed E-state index contributed by atoms with van der Waals surface area (Å²) in [6.45, 7) is 4.54. The molecule has 0 unspecified atom stereocenters. The minimum Gasteiger partial charge on any atom is -0.381 e. The first kappa shape index (κ1) is 19.2. The fourth-order valence-corrected chi connectivity index (χ4v) is 2.02. The highest BCUT2D eigenvalue weighted by Gasteiger charge is 2.20. The summed E-state index contributed by atoms with van der Waals surface area (Å²) in [5.41, 5.74) is 0. The van der Waals surface area contributed by atoms with Crippen molar-refractivity contribution in [2.45, 2.75) is 32.2 Å². The topological polar surface area (TPSA) is 63.5 Å². The maximum Gasteiger partial charge on any atom is 0.190 e. The van der Waals surface area contributed by atoms with E-state index in [1.807, 2.05) is 12.5 Å². The monoisotopic (exact) mass is 421 g/mol. The zero-order valence-electron chi connectivity index (χ0n) is 13.3. The smallest absolute Gasteiger partial charge is 0.190 e. The summed E-state index contributed by atoms with van der Waals surface area (Å²) in [5, 5.41) is 6.62. The van der Waals surface area contributed by atoms with Crippen LogP contribution in [-0.2, 0) is 11.3 Å². The maximum atomic E-state index is 5.60. The van der Waals surface area contributed by atoms with Crippen LogP contribution in [0.5, 0.6) is 0 Å². The van der Waals surface area contributed by atoms with Gasteiger partial charge in [0.15, 0.2) is 5.96 Å². The Labute approximate surface area is 150 Å². The zero-order chi connectivity index (χ0) is 14.8. The molecule has 0 saturated heterocycles. The molecule has 22 heavy (non-hydrogen) atoms. The summed E-state index contributed by atoms with van der Waals surface area (Å²) >= 11 is 0. The van der Waals surface area contributed by atoms with Crippen LogP contribution < -0.4 is 10.6 Å². The quantitative estimate of drug-likeness (QED) is 0.262. The zero-order valence-corrected chi connectivity index (χ0v) is 15.7. The molecule has 2 rings (SSSR count).